The van der Waals surface area contributed by atoms with Crippen molar-refractivity contribution in [1.82, 2.24) is 9.88 Å². The first-order valence-corrected chi connectivity index (χ1v) is 10.2. The summed E-state index contributed by atoms with van der Waals surface area (Å²) in [5.74, 6) is -0.800. The molecule has 0 bridgehead atoms. The molecule has 7 heteroatoms. The molecule has 3 aromatic rings. The number of primary amides is 1. The van der Waals surface area contributed by atoms with Crippen molar-refractivity contribution in [1.29, 1.82) is 0 Å². The van der Waals surface area contributed by atoms with Crippen molar-refractivity contribution < 1.29 is 14.3 Å². The molecule has 0 aliphatic carbocycles. The molecule has 0 unspecified atom stereocenters. The molecule has 0 radical (unpaired) electrons. The number of nitrogens with zero attached hydrogens (tertiary/aromatic N) is 2. The number of pyridine rings is 1. The molecule has 1 saturated heterocycles. The molecule has 1 aliphatic heterocycles. The number of morpholine rings is 1. The lowest BCUT2D eigenvalue weighted by molar-refractivity contribution is -0.153. The fraction of sp³-hybridized carbons (Fsp3) is 0.227. The number of nitrogens with two attached hydrogens (primary N) is 1. The molecule has 1 aliphatic rings. The van der Waals surface area contributed by atoms with E-state index in [1.807, 2.05) is 35.7 Å². The molecular weight excluding hydrogens is 386 g/mol. The molecule has 3 heterocycles. The van der Waals surface area contributed by atoms with Gasteiger partial charge in [-0.2, -0.15) is 0 Å². The number of thiophene rings is 1. The van der Waals surface area contributed by atoms with E-state index in [2.05, 4.69) is 11.1 Å². The predicted octanol–water partition coefficient (Wildman–Crippen LogP) is 2.75. The summed E-state index contributed by atoms with van der Waals surface area (Å²) in [4.78, 5) is 32.1. The Morgan fingerprint density at radius 1 is 1.14 bits per heavy atom. The number of carbonyl (C=O) groups is 2. The third-order valence-corrected chi connectivity index (χ3v) is 5.97. The van der Waals surface area contributed by atoms with Crippen LogP contribution in [0, 0.1) is 0 Å². The second kappa shape index (κ2) is 8.14. The van der Waals surface area contributed by atoms with Gasteiger partial charge in [0.25, 0.3) is 11.8 Å². The van der Waals surface area contributed by atoms with E-state index < -0.39 is 11.5 Å². The second-order valence-electron chi connectivity index (χ2n) is 7.00. The summed E-state index contributed by atoms with van der Waals surface area (Å²) in [7, 11) is 0. The average molecular weight is 407 g/mol. The minimum absolute atomic E-state index is 0.102. The van der Waals surface area contributed by atoms with Crippen LogP contribution < -0.4 is 5.73 Å². The van der Waals surface area contributed by atoms with E-state index in [9.17, 15) is 9.59 Å². The standard InChI is InChI=1S/C22H21N3O3S/c23-21(27)22(14-16-6-8-17(9-7-16)19-5-3-13-29-19)15-25(11-12-28-22)20(26)18-4-1-2-10-24-18/h1-10,13H,11-12,14-15H2,(H2,23,27)/t22-/m0/s1. The van der Waals surface area contributed by atoms with E-state index in [0.717, 1.165) is 11.1 Å². The smallest absolute Gasteiger partial charge is 0.272 e. The highest BCUT2D eigenvalue weighted by molar-refractivity contribution is 7.13. The van der Waals surface area contributed by atoms with Crippen molar-refractivity contribution >= 4 is 23.2 Å². The van der Waals surface area contributed by atoms with Gasteiger partial charge >= 0.3 is 0 Å². The minimum atomic E-state index is -1.26. The monoisotopic (exact) mass is 407 g/mol. The highest BCUT2D eigenvalue weighted by Gasteiger charge is 2.44. The Morgan fingerprint density at radius 2 is 1.97 bits per heavy atom. The number of hydrogen-bond donors (Lipinski definition) is 1. The molecule has 1 aromatic carbocycles. The van der Waals surface area contributed by atoms with Crippen molar-refractivity contribution in [3.05, 3.63) is 77.4 Å². The fourth-order valence-corrected chi connectivity index (χ4v) is 4.24. The van der Waals surface area contributed by atoms with Gasteiger partial charge in [0.15, 0.2) is 5.60 Å². The van der Waals surface area contributed by atoms with Gasteiger partial charge in [0, 0.05) is 24.0 Å². The third-order valence-electron chi connectivity index (χ3n) is 5.06. The SMILES string of the molecule is NC(=O)[C@]1(Cc2ccc(-c3cccs3)cc2)CN(C(=O)c2ccccn2)CCO1. The van der Waals surface area contributed by atoms with Gasteiger partial charge in [0.1, 0.15) is 5.69 Å². The molecule has 2 aromatic heterocycles. The quantitative estimate of drug-likeness (QED) is 0.705. The van der Waals surface area contributed by atoms with Gasteiger partial charge in [-0.25, -0.2) is 0 Å². The summed E-state index contributed by atoms with van der Waals surface area (Å²) < 4.78 is 5.86. The van der Waals surface area contributed by atoms with Crippen molar-refractivity contribution in [3.8, 4) is 10.4 Å². The van der Waals surface area contributed by atoms with Crippen LogP contribution in [0.15, 0.2) is 66.2 Å². The Bertz CT molecular complexity index is 990. The van der Waals surface area contributed by atoms with E-state index in [1.54, 1.807) is 40.6 Å². The summed E-state index contributed by atoms with van der Waals surface area (Å²) in [5, 5.41) is 2.04. The molecule has 2 amide bonds. The van der Waals surface area contributed by atoms with Gasteiger partial charge in [-0.1, -0.05) is 36.4 Å². The Balaban J connectivity index is 1.54. The van der Waals surface area contributed by atoms with Crippen LogP contribution >= 0.6 is 11.3 Å². The summed E-state index contributed by atoms with van der Waals surface area (Å²) in [6.45, 7) is 0.737. The van der Waals surface area contributed by atoms with Gasteiger partial charge < -0.3 is 15.4 Å². The van der Waals surface area contributed by atoms with E-state index >= 15 is 0 Å². The van der Waals surface area contributed by atoms with Crippen LogP contribution in [0.4, 0.5) is 0 Å². The van der Waals surface area contributed by atoms with Gasteiger partial charge in [-0.05, 0) is 34.7 Å². The Kier molecular flexibility index (Phi) is 5.42. The molecule has 6 nitrogen and oxygen atoms in total. The number of carbonyl (C=O) groups excluding carboxylic acids is 2. The summed E-state index contributed by atoms with van der Waals surface area (Å²) in [5.41, 5.74) is 6.87. The van der Waals surface area contributed by atoms with Crippen LogP contribution in [0.2, 0.25) is 0 Å². The Morgan fingerprint density at radius 3 is 2.62 bits per heavy atom. The average Bonchev–Trinajstić information content (AvgIpc) is 3.29. The molecule has 4 rings (SSSR count). The maximum absolute atomic E-state index is 12.8. The first-order valence-electron chi connectivity index (χ1n) is 9.34. The van der Waals surface area contributed by atoms with Crippen molar-refractivity contribution in [2.75, 3.05) is 19.7 Å². The lowest BCUT2D eigenvalue weighted by atomic mass is 9.91. The van der Waals surface area contributed by atoms with Gasteiger partial charge in [-0.3, -0.25) is 14.6 Å². The fourth-order valence-electron chi connectivity index (χ4n) is 3.51. The summed E-state index contributed by atoms with van der Waals surface area (Å²) in [6, 6.07) is 17.2. The molecule has 0 spiro atoms. The highest BCUT2D eigenvalue weighted by Crippen LogP contribution is 2.28. The topological polar surface area (TPSA) is 85.5 Å². The third kappa shape index (κ3) is 4.06. The first-order chi connectivity index (χ1) is 14.1. The maximum Gasteiger partial charge on any atom is 0.272 e. The lowest BCUT2D eigenvalue weighted by Crippen LogP contribution is -2.61. The van der Waals surface area contributed by atoms with E-state index in [0.29, 0.717) is 18.7 Å². The van der Waals surface area contributed by atoms with Crippen LogP contribution in [-0.4, -0.2) is 47.0 Å². The predicted molar refractivity (Wildman–Crippen MR) is 111 cm³/mol. The molecule has 29 heavy (non-hydrogen) atoms. The van der Waals surface area contributed by atoms with E-state index in [1.165, 1.54) is 4.88 Å². The van der Waals surface area contributed by atoms with Gasteiger partial charge in [0.05, 0.1) is 13.2 Å². The second-order valence-corrected chi connectivity index (χ2v) is 7.95. The Labute approximate surface area is 172 Å². The van der Waals surface area contributed by atoms with Gasteiger partial charge in [-0.15, -0.1) is 11.3 Å². The maximum atomic E-state index is 12.8. The normalized spacial score (nSPS) is 19.1. The first kappa shape index (κ1) is 19.3. The molecular formula is C22H21N3O3S. The zero-order chi connectivity index (χ0) is 20.3. The number of rotatable bonds is 5. The van der Waals surface area contributed by atoms with Crippen LogP contribution in [-0.2, 0) is 16.0 Å². The van der Waals surface area contributed by atoms with E-state index in [-0.39, 0.29) is 19.1 Å². The number of ether oxygens (including phenoxy) is 1. The molecule has 1 atom stereocenters. The molecule has 1 fully saturated rings. The minimum Gasteiger partial charge on any atom is -0.367 e. The summed E-state index contributed by atoms with van der Waals surface area (Å²) in [6.07, 6.45) is 1.88. The number of amides is 2. The highest BCUT2D eigenvalue weighted by atomic mass is 32.1. The van der Waals surface area contributed by atoms with Crippen LogP contribution in [0.3, 0.4) is 0 Å². The number of benzene rings is 1. The molecule has 148 valence electrons. The number of hydrogen-bond acceptors (Lipinski definition) is 5. The lowest BCUT2D eigenvalue weighted by Gasteiger charge is -2.40. The van der Waals surface area contributed by atoms with Crippen LogP contribution in [0.25, 0.3) is 10.4 Å². The van der Waals surface area contributed by atoms with Crippen LogP contribution in [0.5, 0.6) is 0 Å². The molecule has 0 saturated carbocycles. The zero-order valence-electron chi connectivity index (χ0n) is 15.8. The molecule has 2 N–H and O–H groups in total. The zero-order valence-corrected chi connectivity index (χ0v) is 16.6. The number of aromatic nitrogens is 1. The van der Waals surface area contributed by atoms with E-state index in [4.69, 9.17) is 10.5 Å². The summed E-state index contributed by atoms with van der Waals surface area (Å²) >= 11 is 1.67. The van der Waals surface area contributed by atoms with Crippen molar-refractivity contribution in [3.63, 3.8) is 0 Å². The van der Waals surface area contributed by atoms with Crippen molar-refractivity contribution in [2.24, 2.45) is 5.73 Å². The van der Waals surface area contributed by atoms with Gasteiger partial charge in [0.2, 0.25) is 0 Å². The Hall–Kier alpha value is -3.03. The van der Waals surface area contributed by atoms with Crippen molar-refractivity contribution in [2.45, 2.75) is 12.0 Å². The van der Waals surface area contributed by atoms with Crippen LogP contribution in [0.1, 0.15) is 16.1 Å². The largest absolute Gasteiger partial charge is 0.367 e.